The van der Waals surface area contributed by atoms with Crippen molar-refractivity contribution in [3.05, 3.63) is 89.0 Å². The lowest BCUT2D eigenvalue weighted by Gasteiger charge is -2.25. The average Bonchev–Trinajstić information content (AvgIpc) is 3.12. The van der Waals surface area contributed by atoms with E-state index in [1.807, 2.05) is 42.5 Å². The van der Waals surface area contributed by atoms with Crippen LogP contribution in [0.25, 0.3) is 6.08 Å². The standard InChI is InChI=1S/C25H23BrN2O5S/c1-5-33-24(30)21-14(2)27-25-28(22(21)15-7-6-8-18(12-15)31-3)23(29)20(34-25)13-16-11-17(26)9-10-19(16)32-4/h6-13,22H,5H2,1-4H3/b20-13+/t22-/m1/s1. The molecule has 176 valence electrons. The first-order chi connectivity index (χ1) is 16.4. The zero-order valence-corrected chi connectivity index (χ0v) is 21.5. The molecule has 0 N–H and O–H groups in total. The van der Waals surface area contributed by atoms with Crippen LogP contribution >= 0.6 is 27.3 Å². The molecule has 0 fully saturated rings. The molecule has 1 aliphatic heterocycles. The van der Waals surface area contributed by atoms with Gasteiger partial charge < -0.3 is 14.2 Å². The van der Waals surface area contributed by atoms with Crippen LogP contribution in [-0.2, 0) is 9.53 Å². The quantitative estimate of drug-likeness (QED) is 0.445. The third kappa shape index (κ3) is 4.45. The number of ether oxygens (including phenoxy) is 3. The highest BCUT2D eigenvalue weighted by Gasteiger charge is 2.33. The Morgan fingerprint density at radius 2 is 2.00 bits per heavy atom. The smallest absolute Gasteiger partial charge is 0.338 e. The first-order valence-corrected chi connectivity index (χ1v) is 12.2. The number of fused-ring (bicyclic) bond motifs is 1. The predicted octanol–water partition coefficient (Wildman–Crippen LogP) is 3.58. The zero-order chi connectivity index (χ0) is 24.4. The van der Waals surface area contributed by atoms with Gasteiger partial charge in [0.15, 0.2) is 4.80 Å². The molecule has 1 atom stereocenters. The Morgan fingerprint density at radius 3 is 2.71 bits per heavy atom. The number of esters is 1. The summed E-state index contributed by atoms with van der Waals surface area (Å²) in [6.45, 7) is 3.72. The second kappa shape index (κ2) is 9.99. The van der Waals surface area contributed by atoms with E-state index in [2.05, 4.69) is 20.9 Å². The second-order valence-corrected chi connectivity index (χ2v) is 9.39. The number of aromatic nitrogens is 1. The van der Waals surface area contributed by atoms with Crippen LogP contribution in [0.1, 0.15) is 31.0 Å². The van der Waals surface area contributed by atoms with Crippen molar-refractivity contribution in [2.24, 2.45) is 4.99 Å². The van der Waals surface area contributed by atoms with Gasteiger partial charge in [-0.2, -0.15) is 0 Å². The Labute approximate surface area is 208 Å². The van der Waals surface area contributed by atoms with Gasteiger partial charge >= 0.3 is 5.97 Å². The molecular formula is C25H23BrN2O5S. The van der Waals surface area contributed by atoms with Crippen LogP contribution < -0.4 is 24.4 Å². The molecule has 0 saturated heterocycles. The van der Waals surface area contributed by atoms with Gasteiger partial charge in [-0.3, -0.25) is 9.36 Å². The monoisotopic (exact) mass is 542 g/mol. The molecule has 2 heterocycles. The third-order valence-corrected chi connectivity index (χ3v) is 6.88. The van der Waals surface area contributed by atoms with Crippen LogP contribution in [0.3, 0.4) is 0 Å². The van der Waals surface area contributed by atoms with Crippen LogP contribution in [-0.4, -0.2) is 31.4 Å². The molecule has 0 bridgehead atoms. The van der Waals surface area contributed by atoms with Crippen LogP contribution in [0.4, 0.5) is 0 Å². The average molecular weight is 543 g/mol. The van der Waals surface area contributed by atoms with E-state index in [4.69, 9.17) is 14.2 Å². The highest BCUT2D eigenvalue weighted by Crippen LogP contribution is 2.32. The van der Waals surface area contributed by atoms with Crippen molar-refractivity contribution in [3.63, 3.8) is 0 Å². The topological polar surface area (TPSA) is 79.1 Å². The maximum Gasteiger partial charge on any atom is 0.338 e. The van der Waals surface area contributed by atoms with Gasteiger partial charge in [-0.25, -0.2) is 9.79 Å². The lowest BCUT2D eigenvalue weighted by atomic mass is 9.95. The summed E-state index contributed by atoms with van der Waals surface area (Å²) in [4.78, 5) is 31.8. The van der Waals surface area contributed by atoms with Crippen molar-refractivity contribution in [2.75, 3.05) is 20.8 Å². The molecule has 34 heavy (non-hydrogen) atoms. The number of halogens is 1. The van der Waals surface area contributed by atoms with Gasteiger partial charge in [-0.15, -0.1) is 0 Å². The maximum absolute atomic E-state index is 13.7. The molecular weight excluding hydrogens is 520 g/mol. The van der Waals surface area contributed by atoms with Gasteiger partial charge in [0, 0.05) is 10.0 Å². The fourth-order valence-corrected chi connectivity index (χ4v) is 5.29. The molecule has 0 amide bonds. The molecule has 3 aromatic rings. The van der Waals surface area contributed by atoms with Gasteiger partial charge in [-0.05, 0) is 55.8 Å². The maximum atomic E-state index is 13.7. The van der Waals surface area contributed by atoms with Crippen LogP contribution in [0.2, 0.25) is 0 Å². The lowest BCUT2D eigenvalue weighted by molar-refractivity contribution is -0.139. The molecule has 0 radical (unpaired) electrons. The van der Waals surface area contributed by atoms with E-state index >= 15 is 0 Å². The van der Waals surface area contributed by atoms with E-state index < -0.39 is 12.0 Å². The van der Waals surface area contributed by atoms with E-state index in [9.17, 15) is 9.59 Å². The van der Waals surface area contributed by atoms with Crippen molar-refractivity contribution in [1.82, 2.24) is 4.57 Å². The fraction of sp³-hybridized carbons (Fsp3) is 0.240. The molecule has 7 nitrogen and oxygen atoms in total. The van der Waals surface area contributed by atoms with Crippen molar-refractivity contribution >= 4 is 39.3 Å². The number of thiazole rings is 1. The molecule has 0 spiro atoms. The number of carbonyl (C=O) groups is 1. The van der Waals surface area contributed by atoms with Crippen molar-refractivity contribution in [1.29, 1.82) is 0 Å². The number of nitrogens with zero attached hydrogens (tertiary/aromatic N) is 2. The Hall–Kier alpha value is -3.17. The molecule has 1 aromatic heterocycles. The molecule has 2 aromatic carbocycles. The largest absolute Gasteiger partial charge is 0.497 e. The summed E-state index contributed by atoms with van der Waals surface area (Å²) >= 11 is 4.73. The summed E-state index contributed by atoms with van der Waals surface area (Å²) in [5.41, 5.74) is 2.06. The molecule has 9 heteroatoms. The minimum absolute atomic E-state index is 0.216. The van der Waals surface area contributed by atoms with Crippen LogP contribution in [0.5, 0.6) is 11.5 Å². The second-order valence-electron chi connectivity index (χ2n) is 7.47. The Kier molecular flexibility index (Phi) is 7.04. The minimum Gasteiger partial charge on any atom is -0.497 e. The molecule has 4 rings (SSSR count). The SMILES string of the molecule is CCOC(=O)C1=C(C)N=c2s/c(=C/c3cc(Br)ccc3OC)c(=O)n2[C@@H]1c1cccc(OC)c1. The first-order valence-electron chi connectivity index (χ1n) is 10.5. The molecule has 1 aliphatic rings. The summed E-state index contributed by atoms with van der Waals surface area (Å²) in [7, 11) is 3.16. The number of allylic oxidation sites excluding steroid dienone is 1. The van der Waals surface area contributed by atoms with Gasteiger partial charge in [-0.1, -0.05) is 39.4 Å². The van der Waals surface area contributed by atoms with Gasteiger partial charge in [0.05, 0.1) is 42.7 Å². The number of rotatable bonds is 6. The van der Waals surface area contributed by atoms with Crippen molar-refractivity contribution in [2.45, 2.75) is 19.9 Å². The third-order valence-electron chi connectivity index (χ3n) is 5.40. The molecule has 0 unspecified atom stereocenters. The van der Waals surface area contributed by atoms with E-state index in [1.54, 1.807) is 38.7 Å². The summed E-state index contributed by atoms with van der Waals surface area (Å²) in [5.74, 6) is 0.762. The highest BCUT2D eigenvalue weighted by atomic mass is 79.9. The Balaban J connectivity index is 1.98. The molecule has 0 aliphatic carbocycles. The normalized spacial score (nSPS) is 15.6. The van der Waals surface area contributed by atoms with Crippen LogP contribution in [0, 0.1) is 0 Å². The summed E-state index contributed by atoms with van der Waals surface area (Å²) in [6.07, 6.45) is 1.78. The van der Waals surface area contributed by atoms with E-state index in [0.29, 0.717) is 32.1 Å². The minimum atomic E-state index is -0.697. The summed E-state index contributed by atoms with van der Waals surface area (Å²) in [5, 5.41) is 0. The van der Waals surface area contributed by atoms with Crippen molar-refractivity contribution in [3.8, 4) is 11.5 Å². The number of methoxy groups -OCH3 is 2. The van der Waals surface area contributed by atoms with Crippen molar-refractivity contribution < 1.29 is 19.0 Å². The first kappa shape index (κ1) is 24.0. The Morgan fingerprint density at radius 1 is 1.21 bits per heavy atom. The summed E-state index contributed by atoms with van der Waals surface area (Å²) < 4.78 is 19.1. The van der Waals surface area contributed by atoms with Gasteiger partial charge in [0.2, 0.25) is 0 Å². The lowest BCUT2D eigenvalue weighted by Crippen LogP contribution is -2.39. The summed E-state index contributed by atoms with van der Waals surface area (Å²) in [6, 6.07) is 12.2. The number of hydrogen-bond donors (Lipinski definition) is 0. The van der Waals surface area contributed by atoms with E-state index in [0.717, 1.165) is 15.6 Å². The zero-order valence-electron chi connectivity index (χ0n) is 19.1. The van der Waals surface area contributed by atoms with E-state index in [-0.39, 0.29) is 12.2 Å². The number of benzene rings is 2. The van der Waals surface area contributed by atoms with E-state index in [1.165, 1.54) is 11.3 Å². The number of carbonyl (C=O) groups excluding carboxylic acids is 1. The highest BCUT2D eigenvalue weighted by molar-refractivity contribution is 9.10. The predicted molar refractivity (Wildman–Crippen MR) is 134 cm³/mol. The fourth-order valence-electron chi connectivity index (χ4n) is 3.88. The Bertz CT molecular complexity index is 1470. The molecule has 0 saturated carbocycles. The van der Waals surface area contributed by atoms with Crippen LogP contribution in [0.15, 0.2) is 68.0 Å². The number of hydrogen-bond acceptors (Lipinski definition) is 7. The van der Waals surface area contributed by atoms with Gasteiger partial charge in [0.1, 0.15) is 11.5 Å². The van der Waals surface area contributed by atoms with Gasteiger partial charge in [0.25, 0.3) is 5.56 Å².